The van der Waals surface area contributed by atoms with E-state index in [1.54, 1.807) is 25.3 Å². The molecule has 106 valence electrons. The molecule has 0 bridgehead atoms. The smallest absolute Gasteiger partial charge is 0.174 e. The molecule has 0 aliphatic rings. The number of benzene rings is 2. The topological polar surface area (TPSA) is 73.1 Å². The predicted molar refractivity (Wildman–Crippen MR) is 85.2 cm³/mol. The SMILES string of the molecule is COc1ccc(Cl)c(Nc2nc3ccccc3nc2N)c1. The number of aromatic nitrogens is 2. The molecule has 5 nitrogen and oxygen atoms in total. The molecule has 3 rings (SSSR count). The van der Waals surface area contributed by atoms with Crippen LogP contribution in [0, 0.1) is 0 Å². The molecule has 0 unspecified atom stereocenters. The fourth-order valence-electron chi connectivity index (χ4n) is 1.96. The summed E-state index contributed by atoms with van der Waals surface area (Å²) in [5, 5.41) is 3.64. The molecule has 21 heavy (non-hydrogen) atoms. The predicted octanol–water partition coefficient (Wildman–Crippen LogP) is 3.62. The minimum atomic E-state index is 0.313. The number of rotatable bonds is 3. The van der Waals surface area contributed by atoms with Crippen LogP contribution in [-0.2, 0) is 0 Å². The van der Waals surface area contributed by atoms with E-state index >= 15 is 0 Å². The second kappa shape index (κ2) is 5.46. The van der Waals surface area contributed by atoms with Crippen LogP contribution in [0.15, 0.2) is 42.5 Å². The van der Waals surface area contributed by atoms with E-state index in [9.17, 15) is 0 Å². The maximum Gasteiger partial charge on any atom is 0.174 e. The van der Waals surface area contributed by atoms with Gasteiger partial charge in [0.25, 0.3) is 0 Å². The first-order chi connectivity index (χ1) is 10.2. The molecule has 0 fully saturated rings. The number of anilines is 3. The maximum atomic E-state index is 6.17. The average molecular weight is 301 g/mol. The van der Waals surface area contributed by atoms with Crippen LogP contribution in [0.2, 0.25) is 5.02 Å². The molecule has 0 aliphatic heterocycles. The van der Waals surface area contributed by atoms with Crippen molar-refractivity contribution in [3.63, 3.8) is 0 Å². The van der Waals surface area contributed by atoms with Crippen LogP contribution in [0.3, 0.4) is 0 Å². The number of nitrogens with two attached hydrogens (primary N) is 1. The van der Waals surface area contributed by atoms with Crippen molar-refractivity contribution in [1.82, 2.24) is 9.97 Å². The number of hydrogen-bond donors (Lipinski definition) is 2. The zero-order valence-corrected chi connectivity index (χ0v) is 12.1. The summed E-state index contributed by atoms with van der Waals surface area (Å²) in [7, 11) is 1.59. The second-order valence-corrected chi connectivity index (χ2v) is 4.82. The Kier molecular flexibility index (Phi) is 3.50. The molecule has 0 saturated heterocycles. The molecule has 1 heterocycles. The van der Waals surface area contributed by atoms with E-state index in [0.29, 0.717) is 28.1 Å². The third-order valence-corrected chi connectivity index (χ3v) is 3.35. The van der Waals surface area contributed by atoms with Gasteiger partial charge >= 0.3 is 0 Å². The Morgan fingerprint density at radius 2 is 1.81 bits per heavy atom. The number of nitrogen functional groups attached to an aromatic ring is 1. The van der Waals surface area contributed by atoms with Crippen LogP contribution in [0.25, 0.3) is 11.0 Å². The van der Waals surface area contributed by atoms with Gasteiger partial charge in [-0.05, 0) is 24.3 Å². The molecule has 2 aromatic carbocycles. The second-order valence-electron chi connectivity index (χ2n) is 4.42. The van der Waals surface area contributed by atoms with Crippen molar-refractivity contribution in [2.75, 3.05) is 18.2 Å². The summed E-state index contributed by atoms with van der Waals surface area (Å²) in [6.45, 7) is 0. The number of ether oxygens (including phenoxy) is 1. The Morgan fingerprint density at radius 1 is 1.10 bits per heavy atom. The number of para-hydroxylation sites is 2. The highest BCUT2D eigenvalue weighted by molar-refractivity contribution is 6.33. The first-order valence-electron chi connectivity index (χ1n) is 6.30. The van der Waals surface area contributed by atoms with E-state index in [0.717, 1.165) is 11.0 Å². The van der Waals surface area contributed by atoms with Crippen molar-refractivity contribution in [2.24, 2.45) is 0 Å². The van der Waals surface area contributed by atoms with Gasteiger partial charge in [-0.2, -0.15) is 0 Å². The van der Waals surface area contributed by atoms with Gasteiger partial charge in [-0.3, -0.25) is 0 Å². The number of fused-ring (bicyclic) bond motifs is 1. The molecule has 6 heteroatoms. The lowest BCUT2D eigenvalue weighted by Gasteiger charge is -2.11. The number of halogens is 1. The first-order valence-corrected chi connectivity index (χ1v) is 6.68. The monoisotopic (exact) mass is 300 g/mol. The van der Waals surface area contributed by atoms with E-state index in [1.807, 2.05) is 24.3 Å². The Morgan fingerprint density at radius 3 is 2.52 bits per heavy atom. The Hall–Kier alpha value is -2.53. The number of methoxy groups -OCH3 is 1. The molecule has 3 aromatic rings. The highest BCUT2D eigenvalue weighted by atomic mass is 35.5. The van der Waals surface area contributed by atoms with Crippen LogP contribution in [-0.4, -0.2) is 17.1 Å². The fraction of sp³-hybridized carbons (Fsp3) is 0.0667. The lowest BCUT2D eigenvalue weighted by atomic mass is 10.3. The number of nitrogens with one attached hydrogen (secondary N) is 1. The molecule has 0 spiro atoms. The van der Waals surface area contributed by atoms with Crippen molar-refractivity contribution >= 4 is 40.0 Å². The maximum absolute atomic E-state index is 6.17. The summed E-state index contributed by atoms with van der Waals surface area (Å²) in [5.74, 6) is 1.46. The van der Waals surface area contributed by atoms with Crippen molar-refractivity contribution in [1.29, 1.82) is 0 Å². The largest absolute Gasteiger partial charge is 0.497 e. The van der Waals surface area contributed by atoms with Crippen molar-refractivity contribution in [3.8, 4) is 5.75 Å². The molecule has 0 aliphatic carbocycles. The van der Waals surface area contributed by atoms with Crippen molar-refractivity contribution in [3.05, 3.63) is 47.5 Å². The van der Waals surface area contributed by atoms with Crippen LogP contribution < -0.4 is 15.8 Å². The standard InChI is InChI=1S/C15H13ClN4O/c1-21-9-6-7-10(16)13(8-9)20-15-14(17)18-11-4-2-3-5-12(11)19-15/h2-8H,1H3,(H2,17,18)(H,19,20). The van der Waals surface area contributed by atoms with Gasteiger partial charge in [0.2, 0.25) is 0 Å². The van der Waals surface area contributed by atoms with Crippen LogP contribution >= 0.6 is 11.6 Å². The highest BCUT2D eigenvalue weighted by Crippen LogP contribution is 2.30. The van der Waals surface area contributed by atoms with Crippen LogP contribution in [0.4, 0.5) is 17.3 Å². The third kappa shape index (κ3) is 2.68. The molecule has 3 N–H and O–H groups in total. The summed E-state index contributed by atoms with van der Waals surface area (Å²) in [4.78, 5) is 8.79. The molecule has 0 amide bonds. The summed E-state index contributed by atoms with van der Waals surface area (Å²) in [5.41, 5.74) is 8.11. The van der Waals surface area contributed by atoms with Crippen LogP contribution in [0.1, 0.15) is 0 Å². The van der Waals surface area contributed by atoms with E-state index in [-0.39, 0.29) is 0 Å². The molecular formula is C15H13ClN4O. The molecule has 0 atom stereocenters. The zero-order chi connectivity index (χ0) is 14.8. The van der Waals surface area contributed by atoms with Gasteiger partial charge < -0.3 is 15.8 Å². The van der Waals surface area contributed by atoms with E-state index in [2.05, 4.69) is 15.3 Å². The van der Waals surface area contributed by atoms with Gasteiger partial charge in [0, 0.05) is 6.07 Å². The number of nitrogens with zero attached hydrogens (tertiary/aromatic N) is 2. The first kappa shape index (κ1) is 13.5. The van der Waals surface area contributed by atoms with E-state index < -0.39 is 0 Å². The van der Waals surface area contributed by atoms with Crippen molar-refractivity contribution in [2.45, 2.75) is 0 Å². The van der Waals surface area contributed by atoms with Gasteiger partial charge in [0.1, 0.15) is 5.75 Å². The Labute approximate surface area is 126 Å². The molecule has 1 aromatic heterocycles. The molecular weight excluding hydrogens is 288 g/mol. The van der Waals surface area contributed by atoms with Gasteiger partial charge in [0.15, 0.2) is 11.6 Å². The highest BCUT2D eigenvalue weighted by Gasteiger charge is 2.09. The summed E-state index contributed by atoms with van der Waals surface area (Å²) in [6.07, 6.45) is 0. The Balaban J connectivity index is 2.03. The molecule has 0 radical (unpaired) electrons. The lowest BCUT2D eigenvalue weighted by Crippen LogP contribution is -2.03. The lowest BCUT2D eigenvalue weighted by molar-refractivity contribution is 0.415. The average Bonchev–Trinajstić information content (AvgIpc) is 2.50. The van der Waals surface area contributed by atoms with E-state index in [1.165, 1.54) is 0 Å². The van der Waals surface area contributed by atoms with Crippen LogP contribution in [0.5, 0.6) is 5.75 Å². The minimum absolute atomic E-state index is 0.313. The van der Waals surface area contributed by atoms with E-state index in [4.69, 9.17) is 22.1 Å². The van der Waals surface area contributed by atoms with Gasteiger partial charge in [0.05, 0.1) is 28.9 Å². The Bertz CT molecular complexity index is 807. The zero-order valence-electron chi connectivity index (χ0n) is 11.3. The normalized spacial score (nSPS) is 10.6. The van der Waals surface area contributed by atoms with Gasteiger partial charge in [-0.25, -0.2) is 9.97 Å². The quantitative estimate of drug-likeness (QED) is 0.773. The summed E-state index contributed by atoms with van der Waals surface area (Å²) in [6, 6.07) is 12.8. The summed E-state index contributed by atoms with van der Waals surface area (Å²) >= 11 is 6.17. The van der Waals surface area contributed by atoms with Gasteiger partial charge in [-0.15, -0.1) is 0 Å². The van der Waals surface area contributed by atoms with Crippen molar-refractivity contribution < 1.29 is 4.74 Å². The molecule has 0 saturated carbocycles. The third-order valence-electron chi connectivity index (χ3n) is 3.02. The summed E-state index contributed by atoms with van der Waals surface area (Å²) < 4.78 is 5.18. The number of hydrogen-bond acceptors (Lipinski definition) is 5. The minimum Gasteiger partial charge on any atom is -0.497 e. The van der Waals surface area contributed by atoms with Gasteiger partial charge in [-0.1, -0.05) is 23.7 Å². The fourth-order valence-corrected chi connectivity index (χ4v) is 2.13.